The molecule has 0 radical (unpaired) electrons. The van der Waals surface area contributed by atoms with E-state index in [-0.39, 0.29) is 18.1 Å². The van der Waals surface area contributed by atoms with E-state index in [9.17, 15) is 9.50 Å². The third-order valence-corrected chi connectivity index (χ3v) is 5.11. The normalized spacial score (nSPS) is 11.1. The number of aromatic hydroxyl groups is 1. The van der Waals surface area contributed by atoms with E-state index in [0.29, 0.717) is 29.2 Å². The molecule has 0 fully saturated rings. The minimum Gasteiger partial charge on any atom is -0.504 e. The number of hydrogen-bond donors (Lipinski definition) is 1. The Balaban J connectivity index is 1.58. The lowest BCUT2D eigenvalue weighted by Gasteiger charge is -2.06. The summed E-state index contributed by atoms with van der Waals surface area (Å²) in [5.41, 5.74) is 3.47. The quantitative estimate of drug-likeness (QED) is 0.465. The largest absolute Gasteiger partial charge is 0.504 e. The van der Waals surface area contributed by atoms with Gasteiger partial charge in [-0.2, -0.15) is 5.10 Å². The fourth-order valence-corrected chi connectivity index (χ4v) is 3.55. The van der Waals surface area contributed by atoms with Crippen LogP contribution >= 0.6 is 0 Å². The Morgan fingerprint density at radius 1 is 0.935 bits per heavy atom. The summed E-state index contributed by atoms with van der Waals surface area (Å²) in [4.78, 5) is 12.9. The summed E-state index contributed by atoms with van der Waals surface area (Å²) in [5, 5.41) is 15.8. The molecule has 0 saturated heterocycles. The van der Waals surface area contributed by atoms with Crippen molar-refractivity contribution < 1.29 is 9.50 Å². The first-order valence-electron chi connectivity index (χ1n) is 9.82. The van der Waals surface area contributed by atoms with Gasteiger partial charge >= 0.3 is 0 Å². The summed E-state index contributed by atoms with van der Waals surface area (Å²) in [6, 6.07) is 18.1. The molecule has 5 aromatic rings. The maximum absolute atomic E-state index is 14.2. The maximum atomic E-state index is 14.2. The number of nitrogens with zero attached hydrogens (tertiary/aromatic N) is 5. The van der Waals surface area contributed by atoms with E-state index in [2.05, 4.69) is 15.0 Å². The van der Waals surface area contributed by atoms with E-state index in [0.717, 1.165) is 16.5 Å². The van der Waals surface area contributed by atoms with E-state index < -0.39 is 0 Å². The summed E-state index contributed by atoms with van der Waals surface area (Å²) in [5.74, 6) is 0.158. The van der Waals surface area contributed by atoms with Crippen molar-refractivity contribution in [2.45, 2.75) is 13.0 Å². The number of aromatic nitrogens is 5. The van der Waals surface area contributed by atoms with Crippen LogP contribution in [0.4, 0.5) is 4.39 Å². The third-order valence-electron chi connectivity index (χ3n) is 5.11. The van der Waals surface area contributed by atoms with Gasteiger partial charge in [0.1, 0.15) is 11.5 Å². The Hall–Kier alpha value is -4.13. The van der Waals surface area contributed by atoms with Gasteiger partial charge in [0.25, 0.3) is 0 Å². The monoisotopic (exact) mass is 411 g/mol. The minimum absolute atomic E-state index is 0.0238. The summed E-state index contributed by atoms with van der Waals surface area (Å²) in [6.45, 7) is 0.287. The van der Waals surface area contributed by atoms with Gasteiger partial charge in [0.2, 0.25) is 0 Å². The summed E-state index contributed by atoms with van der Waals surface area (Å²) < 4.78 is 16.0. The van der Waals surface area contributed by atoms with Crippen molar-refractivity contribution in [2.24, 2.45) is 0 Å². The highest BCUT2D eigenvalue weighted by Crippen LogP contribution is 2.28. The molecule has 0 aliphatic heterocycles. The van der Waals surface area contributed by atoms with Gasteiger partial charge in [-0.05, 0) is 29.8 Å². The first kappa shape index (κ1) is 18.9. The van der Waals surface area contributed by atoms with E-state index >= 15 is 0 Å². The molecule has 0 saturated carbocycles. The molecular weight excluding hydrogens is 393 g/mol. The Kier molecular flexibility index (Phi) is 4.84. The van der Waals surface area contributed by atoms with E-state index in [4.69, 9.17) is 5.10 Å². The average Bonchev–Trinajstić information content (AvgIpc) is 3.16. The molecule has 0 unspecified atom stereocenters. The molecule has 0 atom stereocenters. The molecule has 152 valence electrons. The second-order valence-corrected chi connectivity index (χ2v) is 7.17. The van der Waals surface area contributed by atoms with Crippen molar-refractivity contribution in [1.29, 1.82) is 0 Å². The van der Waals surface area contributed by atoms with E-state index in [1.165, 1.54) is 12.3 Å². The van der Waals surface area contributed by atoms with Crippen LogP contribution < -0.4 is 0 Å². The summed E-state index contributed by atoms with van der Waals surface area (Å²) in [6.07, 6.45) is 5.24. The summed E-state index contributed by atoms with van der Waals surface area (Å²) in [7, 11) is 0. The van der Waals surface area contributed by atoms with E-state index in [1.807, 2.05) is 36.4 Å². The smallest absolute Gasteiger partial charge is 0.181 e. The zero-order chi connectivity index (χ0) is 21.2. The Labute approximate surface area is 177 Å². The first-order chi connectivity index (χ1) is 15.2. The van der Waals surface area contributed by atoms with Gasteiger partial charge in [-0.15, -0.1) is 0 Å². The van der Waals surface area contributed by atoms with Gasteiger partial charge < -0.3 is 5.11 Å². The fraction of sp³-hybridized carbons (Fsp3) is 0.0833. The molecule has 2 aromatic carbocycles. The molecule has 0 aliphatic carbocycles. The lowest BCUT2D eigenvalue weighted by Crippen LogP contribution is -2.04. The molecule has 3 aromatic heterocycles. The second kappa shape index (κ2) is 7.95. The molecule has 5 rings (SSSR count). The van der Waals surface area contributed by atoms with Crippen LogP contribution in [0.15, 0.2) is 79.3 Å². The minimum atomic E-state index is -0.274. The lowest BCUT2D eigenvalue weighted by molar-refractivity contribution is 0.462. The number of fused-ring (bicyclic) bond motifs is 1. The molecule has 0 spiro atoms. The van der Waals surface area contributed by atoms with Gasteiger partial charge in [-0.1, -0.05) is 36.4 Å². The van der Waals surface area contributed by atoms with Crippen molar-refractivity contribution >= 4 is 10.9 Å². The number of pyridine rings is 1. The fourth-order valence-electron chi connectivity index (χ4n) is 3.55. The Bertz CT molecular complexity index is 1370. The number of benzene rings is 2. The van der Waals surface area contributed by atoms with Gasteiger partial charge in [0, 0.05) is 29.8 Å². The van der Waals surface area contributed by atoms with Crippen LogP contribution in [0.2, 0.25) is 0 Å². The highest BCUT2D eigenvalue weighted by molar-refractivity contribution is 5.91. The number of rotatable bonds is 5. The molecule has 1 N–H and O–H groups in total. The average molecular weight is 411 g/mol. The number of para-hydroxylation sites is 1. The molecule has 6 nitrogen and oxygen atoms in total. The number of halogens is 1. The van der Waals surface area contributed by atoms with E-state index in [1.54, 1.807) is 35.3 Å². The van der Waals surface area contributed by atoms with Crippen molar-refractivity contribution in [3.63, 3.8) is 0 Å². The standard InChI is InChI=1S/C24H18FN5O/c25-19-7-3-1-5-17(19)15-30-21-8-4-2-6-18(21)23(29-30)24-27-14-22(31)20(28-24)13-16-9-11-26-12-10-16/h1-12,14,31H,13,15H2. The molecular formula is C24H18FN5O. The zero-order valence-electron chi connectivity index (χ0n) is 16.5. The van der Waals surface area contributed by atoms with Crippen LogP contribution in [0.3, 0.4) is 0 Å². The maximum Gasteiger partial charge on any atom is 0.181 e. The van der Waals surface area contributed by atoms with Gasteiger partial charge in [0.05, 0.1) is 24.0 Å². The van der Waals surface area contributed by atoms with Gasteiger partial charge in [-0.25, -0.2) is 14.4 Å². The zero-order valence-corrected chi connectivity index (χ0v) is 16.5. The van der Waals surface area contributed by atoms with Gasteiger partial charge in [-0.3, -0.25) is 9.67 Å². The molecule has 0 aliphatic rings. The molecule has 7 heteroatoms. The first-order valence-corrected chi connectivity index (χ1v) is 9.82. The predicted molar refractivity (Wildman–Crippen MR) is 115 cm³/mol. The highest BCUT2D eigenvalue weighted by atomic mass is 19.1. The lowest BCUT2D eigenvalue weighted by atomic mass is 10.1. The van der Waals surface area contributed by atoms with Crippen LogP contribution in [-0.2, 0) is 13.0 Å². The van der Waals surface area contributed by atoms with Gasteiger partial charge in [0.15, 0.2) is 11.6 Å². The van der Waals surface area contributed by atoms with Crippen LogP contribution in [0.25, 0.3) is 22.4 Å². The van der Waals surface area contributed by atoms with Crippen molar-refractivity contribution in [3.8, 4) is 17.3 Å². The molecule has 3 heterocycles. The highest BCUT2D eigenvalue weighted by Gasteiger charge is 2.17. The second-order valence-electron chi connectivity index (χ2n) is 7.17. The van der Waals surface area contributed by atoms with Crippen molar-refractivity contribution in [3.05, 3.63) is 102 Å². The van der Waals surface area contributed by atoms with Crippen molar-refractivity contribution in [2.75, 3.05) is 0 Å². The molecule has 0 bridgehead atoms. The van der Waals surface area contributed by atoms with Crippen molar-refractivity contribution in [1.82, 2.24) is 24.7 Å². The summed E-state index contributed by atoms with van der Waals surface area (Å²) >= 11 is 0. The van der Waals surface area contributed by atoms with Crippen LogP contribution in [-0.4, -0.2) is 29.8 Å². The SMILES string of the molecule is Oc1cnc(-c2nn(Cc3ccccc3F)c3ccccc23)nc1Cc1ccncc1. The van der Waals surface area contributed by atoms with Crippen LogP contribution in [0.5, 0.6) is 5.75 Å². The molecule has 31 heavy (non-hydrogen) atoms. The molecule has 0 amide bonds. The van der Waals surface area contributed by atoms with Crippen LogP contribution in [0, 0.1) is 5.82 Å². The predicted octanol–water partition coefficient (Wildman–Crippen LogP) is 4.37. The third kappa shape index (κ3) is 3.73. The Morgan fingerprint density at radius 2 is 1.71 bits per heavy atom. The number of hydrogen-bond acceptors (Lipinski definition) is 5. The van der Waals surface area contributed by atoms with Crippen LogP contribution in [0.1, 0.15) is 16.8 Å². The topological polar surface area (TPSA) is 76.7 Å². The Morgan fingerprint density at radius 3 is 2.55 bits per heavy atom.